The first kappa shape index (κ1) is 22.3. The largest absolute Gasteiger partial charge is 0.496 e. The summed E-state index contributed by atoms with van der Waals surface area (Å²) >= 11 is 0. The van der Waals surface area contributed by atoms with Crippen LogP contribution in [0.3, 0.4) is 0 Å². The topological polar surface area (TPSA) is 109 Å². The third-order valence-corrected chi connectivity index (χ3v) is 5.04. The molecule has 1 atom stereocenters. The number of benzene rings is 2. The van der Waals surface area contributed by atoms with Crippen molar-refractivity contribution in [3.05, 3.63) is 66.2 Å². The second-order valence-corrected chi connectivity index (χ2v) is 7.44. The highest BCUT2D eigenvalue weighted by Crippen LogP contribution is 2.30. The fraction of sp³-hybridized carbons (Fsp3) is 0.292. The van der Waals surface area contributed by atoms with Crippen LogP contribution in [0.25, 0.3) is 11.3 Å². The molecule has 3 aromatic rings. The predicted molar refractivity (Wildman–Crippen MR) is 117 cm³/mol. The number of hydrogen-bond acceptors (Lipinski definition) is 8. The first-order valence-corrected chi connectivity index (χ1v) is 10.5. The second-order valence-electron chi connectivity index (χ2n) is 7.44. The molecule has 172 valence electrons. The van der Waals surface area contributed by atoms with Crippen molar-refractivity contribution in [1.82, 2.24) is 10.3 Å². The van der Waals surface area contributed by atoms with Crippen molar-refractivity contribution >= 4 is 12.1 Å². The monoisotopic (exact) mass is 452 g/mol. The maximum atomic E-state index is 12.5. The van der Waals surface area contributed by atoms with Crippen molar-refractivity contribution in [3.8, 4) is 22.8 Å². The molecular formula is C24H24N2O7. The summed E-state index contributed by atoms with van der Waals surface area (Å²) < 4.78 is 26.7. The molecule has 33 heavy (non-hydrogen) atoms. The number of carbonyl (C=O) groups excluding carboxylic acids is 2. The van der Waals surface area contributed by atoms with Crippen molar-refractivity contribution in [2.75, 3.05) is 20.3 Å². The van der Waals surface area contributed by atoms with Gasteiger partial charge < -0.3 is 28.7 Å². The second kappa shape index (κ2) is 10.6. The van der Waals surface area contributed by atoms with E-state index in [9.17, 15) is 9.59 Å². The van der Waals surface area contributed by atoms with Crippen LogP contribution in [0.2, 0.25) is 0 Å². The Balaban J connectivity index is 1.31. The molecule has 9 heteroatoms. The molecule has 0 aliphatic carbocycles. The summed E-state index contributed by atoms with van der Waals surface area (Å²) in [6, 6.07) is 12.3. The molecule has 1 aromatic heterocycles. The number of rotatable bonds is 8. The summed E-state index contributed by atoms with van der Waals surface area (Å²) in [7, 11) is 1.55. The van der Waals surface area contributed by atoms with Gasteiger partial charge in [0.2, 0.25) is 0 Å². The number of oxazole rings is 1. The molecule has 1 aliphatic heterocycles. The fourth-order valence-electron chi connectivity index (χ4n) is 3.42. The van der Waals surface area contributed by atoms with E-state index >= 15 is 0 Å². The van der Waals surface area contributed by atoms with Gasteiger partial charge in [-0.2, -0.15) is 0 Å². The Kier molecular flexibility index (Phi) is 7.21. The zero-order valence-electron chi connectivity index (χ0n) is 18.1. The lowest BCUT2D eigenvalue weighted by molar-refractivity contribution is -0.133. The van der Waals surface area contributed by atoms with Crippen LogP contribution in [0.1, 0.15) is 17.5 Å². The van der Waals surface area contributed by atoms with Crippen LogP contribution >= 0.6 is 0 Å². The highest BCUT2D eigenvalue weighted by molar-refractivity contribution is 5.76. The quantitative estimate of drug-likeness (QED) is 0.409. The van der Waals surface area contributed by atoms with Gasteiger partial charge in [0.15, 0.2) is 12.2 Å². The summed E-state index contributed by atoms with van der Waals surface area (Å²) in [4.78, 5) is 28.3. The summed E-state index contributed by atoms with van der Waals surface area (Å²) in [6.07, 6.45) is 2.99. The maximum absolute atomic E-state index is 12.5. The number of aromatic nitrogens is 1. The molecule has 1 amide bonds. The van der Waals surface area contributed by atoms with E-state index in [1.54, 1.807) is 37.6 Å². The van der Waals surface area contributed by atoms with Crippen LogP contribution in [0.4, 0.5) is 4.79 Å². The molecule has 1 saturated heterocycles. The molecule has 9 nitrogen and oxygen atoms in total. The summed E-state index contributed by atoms with van der Waals surface area (Å²) in [5, 5.41) is 2.69. The van der Waals surface area contributed by atoms with Crippen molar-refractivity contribution in [1.29, 1.82) is 0 Å². The minimum atomic E-state index is -0.504. The van der Waals surface area contributed by atoms with E-state index in [2.05, 4.69) is 10.3 Å². The van der Waals surface area contributed by atoms with Crippen LogP contribution < -0.4 is 14.8 Å². The van der Waals surface area contributed by atoms with Crippen molar-refractivity contribution < 1.29 is 33.0 Å². The predicted octanol–water partition coefficient (Wildman–Crippen LogP) is 3.51. The van der Waals surface area contributed by atoms with Crippen LogP contribution in [0, 0.1) is 0 Å². The molecule has 0 saturated carbocycles. The van der Waals surface area contributed by atoms with E-state index in [1.165, 1.54) is 6.39 Å². The van der Waals surface area contributed by atoms with Gasteiger partial charge in [0.25, 0.3) is 0 Å². The van der Waals surface area contributed by atoms with Gasteiger partial charge in [-0.25, -0.2) is 9.78 Å². The molecule has 0 radical (unpaired) electrons. The van der Waals surface area contributed by atoms with Gasteiger partial charge in [0, 0.05) is 13.0 Å². The third kappa shape index (κ3) is 6.11. The molecule has 1 fully saturated rings. The molecule has 1 aliphatic rings. The smallest absolute Gasteiger partial charge is 0.407 e. The Morgan fingerprint density at radius 1 is 1.18 bits per heavy atom. The highest BCUT2D eigenvalue weighted by atomic mass is 16.6. The summed E-state index contributed by atoms with van der Waals surface area (Å²) in [5.74, 6) is 1.12. The summed E-state index contributed by atoms with van der Waals surface area (Å²) in [6.45, 7) is 1.27. The Bertz CT molecular complexity index is 1090. The van der Waals surface area contributed by atoms with E-state index in [0.717, 1.165) is 16.7 Å². The molecule has 1 N–H and O–H groups in total. The lowest BCUT2D eigenvalue weighted by Crippen LogP contribution is -2.28. The van der Waals surface area contributed by atoms with Gasteiger partial charge in [-0.3, -0.25) is 4.79 Å². The minimum absolute atomic E-state index is 0.0608. The van der Waals surface area contributed by atoms with Gasteiger partial charge in [-0.15, -0.1) is 0 Å². The van der Waals surface area contributed by atoms with Crippen LogP contribution in [-0.2, 0) is 27.2 Å². The van der Waals surface area contributed by atoms with Gasteiger partial charge >= 0.3 is 12.1 Å². The lowest BCUT2D eigenvalue weighted by atomic mass is 10.1. The van der Waals surface area contributed by atoms with Crippen molar-refractivity contribution in [2.45, 2.75) is 25.5 Å². The van der Waals surface area contributed by atoms with Gasteiger partial charge in [-0.05, 0) is 35.4 Å². The van der Waals surface area contributed by atoms with E-state index in [-0.39, 0.29) is 19.1 Å². The molecular weight excluding hydrogens is 428 g/mol. The molecule has 2 heterocycles. The Labute approximate surface area is 190 Å². The number of nitrogens with one attached hydrogen (secondary N) is 1. The van der Waals surface area contributed by atoms with Gasteiger partial charge in [0.1, 0.15) is 17.6 Å². The number of alkyl carbamates (subject to hydrolysis) is 1. The van der Waals surface area contributed by atoms with Gasteiger partial charge in [0.05, 0.1) is 38.5 Å². The molecule has 2 aromatic carbocycles. The number of methoxy groups -OCH3 is 1. The van der Waals surface area contributed by atoms with Crippen LogP contribution in [-0.4, -0.2) is 43.5 Å². The molecule has 0 unspecified atom stereocenters. The zero-order valence-corrected chi connectivity index (χ0v) is 18.1. The first-order chi connectivity index (χ1) is 16.1. The van der Waals surface area contributed by atoms with E-state index < -0.39 is 12.1 Å². The first-order valence-electron chi connectivity index (χ1n) is 10.5. The number of hydrogen-bond donors (Lipinski definition) is 1. The number of nitrogens with zero attached hydrogens (tertiary/aromatic N) is 1. The number of ether oxygens (including phenoxy) is 4. The molecule has 0 spiro atoms. The van der Waals surface area contributed by atoms with Crippen LogP contribution in [0.15, 0.2) is 59.5 Å². The number of carbonyl (C=O) groups is 2. The van der Waals surface area contributed by atoms with E-state index in [4.69, 9.17) is 23.4 Å². The Morgan fingerprint density at radius 3 is 2.85 bits per heavy atom. The van der Waals surface area contributed by atoms with Crippen molar-refractivity contribution in [2.24, 2.45) is 0 Å². The van der Waals surface area contributed by atoms with E-state index in [0.29, 0.717) is 36.9 Å². The van der Waals surface area contributed by atoms with Crippen molar-refractivity contribution in [3.63, 3.8) is 0 Å². The maximum Gasteiger partial charge on any atom is 0.407 e. The lowest BCUT2D eigenvalue weighted by Gasteiger charge is -2.12. The fourth-order valence-corrected chi connectivity index (χ4v) is 3.42. The van der Waals surface area contributed by atoms with Gasteiger partial charge in [-0.1, -0.05) is 18.2 Å². The van der Waals surface area contributed by atoms with Crippen LogP contribution in [0.5, 0.6) is 11.5 Å². The summed E-state index contributed by atoms with van der Waals surface area (Å²) in [5.41, 5.74) is 2.25. The SMILES string of the molecule is COc1cc(CC(=O)Oc2cccc(CNC(=O)O[C@H]3CCOC3)c2)ccc1-c1cnco1. The number of amides is 1. The zero-order chi connectivity index (χ0) is 23.0. The third-order valence-electron chi connectivity index (χ3n) is 5.04. The number of esters is 1. The standard InChI is InChI=1S/C24H24N2O7/c1-29-21-10-16(5-6-20(21)22-13-25-15-31-22)11-23(27)32-18-4-2-3-17(9-18)12-26-24(28)33-19-7-8-30-14-19/h2-6,9-10,13,15,19H,7-8,11-12,14H2,1H3,(H,26,28)/t19-/m0/s1. The normalized spacial score (nSPS) is 15.1. The Hall–Kier alpha value is -3.85. The average Bonchev–Trinajstić information content (AvgIpc) is 3.52. The van der Waals surface area contributed by atoms with E-state index in [1.807, 2.05) is 18.2 Å². The minimum Gasteiger partial charge on any atom is -0.496 e. The molecule has 4 rings (SSSR count). The highest BCUT2D eigenvalue weighted by Gasteiger charge is 2.19. The molecule has 0 bridgehead atoms. The average molecular weight is 452 g/mol. The Morgan fingerprint density at radius 2 is 2.09 bits per heavy atom.